The first-order valence-corrected chi connectivity index (χ1v) is 3.16. The molecule has 0 unspecified atom stereocenters. The Morgan fingerprint density at radius 2 is 2.25 bits per heavy atom. The van der Waals surface area contributed by atoms with Crippen LogP contribution in [0.4, 0.5) is 4.79 Å². The minimum absolute atomic E-state index is 0.0271. The van der Waals surface area contributed by atoms with Gasteiger partial charge in [-0.15, -0.1) is 0 Å². The predicted octanol–water partition coefficient (Wildman–Crippen LogP) is -1.25. The number of hydrogen-bond donors (Lipinski definition) is 3. The van der Waals surface area contributed by atoms with E-state index in [-0.39, 0.29) is 12.1 Å². The van der Waals surface area contributed by atoms with Crippen LogP contribution < -0.4 is 16.9 Å². The van der Waals surface area contributed by atoms with Gasteiger partial charge in [0.25, 0.3) is 0 Å². The molecule has 5 N–H and O–H groups in total. The Morgan fingerprint density at radius 3 is 2.58 bits per heavy atom. The molecule has 0 aliphatic carbocycles. The molecule has 0 atom stereocenters. The highest BCUT2D eigenvalue weighted by molar-refractivity contribution is 6.05. The van der Waals surface area contributed by atoms with Gasteiger partial charge >= 0.3 is 6.03 Å². The monoisotopic (exact) mass is 170 g/mol. The van der Waals surface area contributed by atoms with Crippen molar-refractivity contribution in [2.24, 2.45) is 16.6 Å². The van der Waals surface area contributed by atoms with Crippen molar-refractivity contribution in [1.29, 1.82) is 0 Å². The normalized spacial score (nSPS) is 10.3. The molecular weight excluding hydrogens is 160 g/mol. The maximum absolute atomic E-state index is 10.2. The molecular formula is C6H10N4O2. The molecule has 0 rings (SSSR count). The third-order valence-electron chi connectivity index (χ3n) is 1.10. The van der Waals surface area contributed by atoms with Gasteiger partial charge in [0.1, 0.15) is 5.94 Å². The quantitative estimate of drug-likeness (QED) is 0.279. The van der Waals surface area contributed by atoms with Gasteiger partial charge in [0.15, 0.2) is 0 Å². The average molecular weight is 170 g/mol. The molecule has 0 fully saturated rings. The summed E-state index contributed by atoms with van der Waals surface area (Å²) in [5, 5.41) is 3.48. The van der Waals surface area contributed by atoms with Crippen LogP contribution in [0.2, 0.25) is 0 Å². The van der Waals surface area contributed by atoms with E-state index in [0.717, 1.165) is 0 Å². The second-order valence-electron chi connectivity index (χ2n) is 1.96. The number of nitrogens with zero attached hydrogens (tertiary/aromatic N) is 1. The summed E-state index contributed by atoms with van der Waals surface area (Å²) in [6.07, 6.45) is 0. The number of nitrogens with two attached hydrogens (primary N) is 2. The van der Waals surface area contributed by atoms with E-state index in [1.165, 1.54) is 6.92 Å². The maximum atomic E-state index is 10.2. The number of rotatable bonds is 3. The third-order valence-corrected chi connectivity index (χ3v) is 1.10. The van der Waals surface area contributed by atoms with Gasteiger partial charge < -0.3 is 11.5 Å². The summed E-state index contributed by atoms with van der Waals surface area (Å²) in [6, 6.07) is -0.795. The van der Waals surface area contributed by atoms with Crippen LogP contribution in [0.3, 0.4) is 0 Å². The van der Waals surface area contributed by atoms with Crippen molar-refractivity contribution in [2.45, 2.75) is 6.92 Å². The molecule has 0 aliphatic rings. The molecule has 0 spiro atoms. The first-order chi connectivity index (χ1) is 5.61. The van der Waals surface area contributed by atoms with Crippen LogP contribution in [0, 0.1) is 0 Å². The van der Waals surface area contributed by atoms with Crippen LogP contribution in [0.25, 0.3) is 0 Å². The summed E-state index contributed by atoms with van der Waals surface area (Å²) in [6.45, 7) is 1.54. The fraction of sp³-hybridized carbons (Fsp3) is 0.333. The van der Waals surface area contributed by atoms with E-state index in [0.29, 0.717) is 5.71 Å². The zero-order valence-corrected chi connectivity index (χ0v) is 6.63. The molecule has 0 aromatic rings. The standard InChI is InChI=1S/C6H10N4O2/c1-4(5(2-7)3-11)9-10-6(8)12/h2,7H2,1H3,(H3,8,10,12)/b9-4+. The molecule has 12 heavy (non-hydrogen) atoms. The summed E-state index contributed by atoms with van der Waals surface area (Å²) in [5.41, 5.74) is 12.4. The van der Waals surface area contributed by atoms with E-state index in [9.17, 15) is 9.59 Å². The second-order valence-corrected chi connectivity index (χ2v) is 1.96. The Bertz CT molecular complexity index is 252. The lowest BCUT2D eigenvalue weighted by Crippen LogP contribution is -2.26. The SMILES string of the molecule is C/C(=N\NC(N)=O)C(=C=O)CN. The zero-order chi connectivity index (χ0) is 9.56. The molecule has 0 saturated heterocycles. The van der Waals surface area contributed by atoms with Crippen molar-refractivity contribution >= 4 is 17.7 Å². The second kappa shape index (κ2) is 5.06. The van der Waals surface area contributed by atoms with Crippen LogP contribution in [0.5, 0.6) is 0 Å². The molecule has 6 nitrogen and oxygen atoms in total. The highest BCUT2D eigenvalue weighted by Crippen LogP contribution is 1.88. The van der Waals surface area contributed by atoms with Crippen molar-refractivity contribution in [3.63, 3.8) is 0 Å². The fourth-order valence-corrected chi connectivity index (χ4v) is 0.470. The van der Waals surface area contributed by atoms with Gasteiger partial charge in [-0.05, 0) is 6.92 Å². The average Bonchev–Trinajstić information content (AvgIpc) is 2.03. The van der Waals surface area contributed by atoms with Gasteiger partial charge in [0.05, 0.1) is 11.3 Å². The highest BCUT2D eigenvalue weighted by Gasteiger charge is 1.99. The minimum atomic E-state index is -0.795. The van der Waals surface area contributed by atoms with Crippen LogP contribution in [0.15, 0.2) is 10.7 Å². The van der Waals surface area contributed by atoms with E-state index >= 15 is 0 Å². The number of hydrogen-bond acceptors (Lipinski definition) is 4. The molecule has 6 heteroatoms. The molecule has 0 saturated carbocycles. The number of carbonyl (C=O) groups excluding carboxylic acids is 2. The van der Waals surface area contributed by atoms with Crippen molar-refractivity contribution in [2.75, 3.05) is 6.54 Å². The number of hydrazone groups is 1. The Labute approximate surface area is 69.3 Å². The van der Waals surface area contributed by atoms with Crippen LogP contribution in [-0.4, -0.2) is 24.2 Å². The van der Waals surface area contributed by atoms with E-state index in [1.807, 2.05) is 5.43 Å². The molecule has 2 amide bonds. The van der Waals surface area contributed by atoms with Gasteiger partial charge in [-0.1, -0.05) is 0 Å². The highest BCUT2D eigenvalue weighted by atomic mass is 16.2. The predicted molar refractivity (Wildman–Crippen MR) is 44.1 cm³/mol. The summed E-state index contributed by atoms with van der Waals surface area (Å²) >= 11 is 0. The minimum Gasteiger partial charge on any atom is -0.350 e. The number of carbonyl (C=O) groups is 1. The largest absolute Gasteiger partial charge is 0.350 e. The van der Waals surface area contributed by atoms with Crippen LogP contribution in [-0.2, 0) is 4.79 Å². The Morgan fingerprint density at radius 1 is 1.67 bits per heavy atom. The smallest absolute Gasteiger partial charge is 0.332 e. The van der Waals surface area contributed by atoms with E-state index in [1.54, 1.807) is 5.94 Å². The van der Waals surface area contributed by atoms with E-state index in [2.05, 4.69) is 5.10 Å². The molecule has 0 heterocycles. The summed E-state index contributed by atoms with van der Waals surface area (Å²) in [5.74, 6) is 1.59. The van der Waals surface area contributed by atoms with Gasteiger partial charge in [0, 0.05) is 6.54 Å². The number of urea groups is 1. The molecule has 0 aromatic carbocycles. The number of primary amides is 1. The van der Waals surface area contributed by atoms with Crippen molar-refractivity contribution < 1.29 is 9.59 Å². The maximum Gasteiger partial charge on any atom is 0.332 e. The van der Waals surface area contributed by atoms with Crippen molar-refractivity contribution in [1.82, 2.24) is 5.43 Å². The molecule has 66 valence electrons. The van der Waals surface area contributed by atoms with Crippen LogP contribution >= 0.6 is 0 Å². The molecule has 0 aromatic heterocycles. The Kier molecular flexibility index (Phi) is 4.36. The van der Waals surface area contributed by atoms with Gasteiger partial charge in [-0.2, -0.15) is 5.10 Å². The van der Waals surface area contributed by atoms with Crippen LogP contribution in [0.1, 0.15) is 6.92 Å². The fourth-order valence-electron chi connectivity index (χ4n) is 0.470. The van der Waals surface area contributed by atoms with Crippen molar-refractivity contribution in [3.8, 4) is 0 Å². The molecule has 0 bridgehead atoms. The van der Waals surface area contributed by atoms with Gasteiger partial charge in [-0.25, -0.2) is 15.0 Å². The first kappa shape index (κ1) is 10.3. The Hall–Kier alpha value is -1.65. The van der Waals surface area contributed by atoms with Gasteiger partial charge in [-0.3, -0.25) is 0 Å². The first-order valence-electron chi connectivity index (χ1n) is 3.16. The molecule has 0 aliphatic heterocycles. The topological polar surface area (TPSA) is 111 Å². The van der Waals surface area contributed by atoms with E-state index in [4.69, 9.17) is 11.5 Å². The third kappa shape index (κ3) is 3.50. The summed E-state index contributed by atoms with van der Waals surface area (Å²) < 4.78 is 0. The number of nitrogens with one attached hydrogen (secondary N) is 1. The van der Waals surface area contributed by atoms with E-state index < -0.39 is 6.03 Å². The Balaban J connectivity index is 4.36. The number of amides is 2. The van der Waals surface area contributed by atoms with Gasteiger partial charge in [0.2, 0.25) is 0 Å². The summed E-state index contributed by atoms with van der Waals surface area (Å²) in [7, 11) is 0. The lowest BCUT2D eigenvalue weighted by atomic mass is 10.2. The molecule has 0 radical (unpaired) electrons. The lowest BCUT2D eigenvalue weighted by molar-refractivity contribution is 0.249. The summed E-state index contributed by atoms with van der Waals surface area (Å²) in [4.78, 5) is 20.3. The zero-order valence-electron chi connectivity index (χ0n) is 6.63. The lowest BCUT2D eigenvalue weighted by Gasteiger charge is -1.98. The van der Waals surface area contributed by atoms with Crippen molar-refractivity contribution in [3.05, 3.63) is 5.57 Å².